The van der Waals surface area contributed by atoms with Crippen LogP contribution in [-0.2, 0) is 9.59 Å². The maximum absolute atomic E-state index is 12.4. The number of thioether (sulfide) groups is 1. The summed E-state index contributed by atoms with van der Waals surface area (Å²) in [5, 5.41) is 9.07. The van der Waals surface area contributed by atoms with E-state index in [-0.39, 0.29) is 4.32 Å². The van der Waals surface area contributed by atoms with E-state index in [1.807, 2.05) is 0 Å². The second-order valence-corrected chi connectivity index (χ2v) is 6.36. The molecule has 1 saturated heterocycles. The van der Waals surface area contributed by atoms with Crippen molar-refractivity contribution in [2.24, 2.45) is 0 Å². The largest absolute Gasteiger partial charge is 0.493 e. The number of amides is 1. The van der Waals surface area contributed by atoms with E-state index >= 15 is 0 Å². The topological polar surface area (TPSA) is 76.1 Å². The fourth-order valence-electron chi connectivity index (χ4n) is 2.02. The van der Waals surface area contributed by atoms with Gasteiger partial charge in [0.2, 0.25) is 0 Å². The molecule has 0 saturated carbocycles. The Morgan fingerprint density at radius 3 is 2.57 bits per heavy atom. The van der Waals surface area contributed by atoms with Crippen LogP contribution in [0, 0.1) is 0 Å². The van der Waals surface area contributed by atoms with Gasteiger partial charge in [-0.3, -0.25) is 9.69 Å². The van der Waals surface area contributed by atoms with E-state index in [1.165, 1.54) is 21.1 Å². The van der Waals surface area contributed by atoms with Gasteiger partial charge in [0.15, 0.2) is 11.5 Å². The van der Waals surface area contributed by atoms with Gasteiger partial charge in [0, 0.05) is 0 Å². The molecule has 1 aliphatic heterocycles. The van der Waals surface area contributed by atoms with Crippen molar-refractivity contribution in [3.8, 4) is 11.5 Å². The Balaban J connectivity index is 2.32. The number of carboxylic acids is 1. The Bertz CT molecular complexity index is 701. The predicted octanol–water partition coefficient (Wildman–Crippen LogP) is 2.38. The molecular formula is C15H15NO5S2. The molecule has 1 aromatic rings. The first-order valence-electron chi connectivity index (χ1n) is 6.61. The van der Waals surface area contributed by atoms with Gasteiger partial charge in [0.25, 0.3) is 5.91 Å². The number of carbonyl (C=O) groups excluding carboxylic acids is 1. The number of rotatable bonds is 5. The average molecular weight is 353 g/mol. The third-order valence-corrected chi connectivity index (χ3v) is 4.60. The summed E-state index contributed by atoms with van der Waals surface area (Å²) < 4.78 is 10.6. The highest BCUT2D eigenvalue weighted by molar-refractivity contribution is 8.26. The molecular weight excluding hydrogens is 338 g/mol. The Labute approximate surface area is 143 Å². The van der Waals surface area contributed by atoms with E-state index in [4.69, 9.17) is 26.8 Å². The van der Waals surface area contributed by atoms with Crippen LogP contribution >= 0.6 is 24.0 Å². The van der Waals surface area contributed by atoms with Crippen LogP contribution < -0.4 is 9.47 Å². The van der Waals surface area contributed by atoms with Gasteiger partial charge in [-0.15, -0.1) is 0 Å². The van der Waals surface area contributed by atoms with Crippen LogP contribution in [0.3, 0.4) is 0 Å². The summed E-state index contributed by atoms with van der Waals surface area (Å²) in [7, 11) is 3.06. The maximum Gasteiger partial charge on any atom is 0.326 e. The molecule has 8 heteroatoms. The van der Waals surface area contributed by atoms with Crippen molar-refractivity contribution in [3.05, 3.63) is 28.7 Å². The Morgan fingerprint density at radius 2 is 2.00 bits per heavy atom. The van der Waals surface area contributed by atoms with Gasteiger partial charge < -0.3 is 14.6 Å². The fourth-order valence-corrected chi connectivity index (χ4v) is 3.44. The molecule has 0 bridgehead atoms. The summed E-state index contributed by atoms with van der Waals surface area (Å²) >= 11 is 6.19. The normalized spacial score (nSPS) is 17.5. The first-order valence-corrected chi connectivity index (χ1v) is 7.83. The minimum absolute atomic E-state index is 0.233. The van der Waals surface area contributed by atoms with Crippen LogP contribution in [0.25, 0.3) is 6.08 Å². The second kappa shape index (κ2) is 7.01. The zero-order valence-electron chi connectivity index (χ0n) is 12.7. The van der Waals surface area contributed by atoms with E-state index in [2.05, 4.69) is 0 Å². The first-order chi connectivity index (χ1) is 10.9. The summed E-state index contributed by atoms with van der Waals surface area (Å²) in [5.41, 5.74) is 0.728. The SMILES string of the molecule is COc1ccc(/C=C2\SC(=S)N(C(C)C(=O)O)C2=O)cc1OC. The number of hydrogen-bond donors (Lipinski definition) is 1. The molecule has 0 aliphatic carbocycles. The van der Waals surface area contributed by atoms with E-state index in [9.17, 15) is 9.59 Å². The van der Waals surface area contributed by atoms with Crippen LogP contribution in [0.15, 0.2) is 23.1 Å². The van der Waals surface area contributed by atoms with Gasteiger partial charge in [-0.25, -0.2) is 4.79 Å². The Hall–Kier alpha value is -2.06. The molecule has 23 heavy (non-hydrogen) atoms. The molecule has 1 fully saturated rings. The van der Waals surface area contributed by atoms with Crippen LogP contribution in [0.5, 0.6) is 11.5 Å². The van der Waals surface area contributed by atoms with Crippen molar-refractivity contribution >= 4 is 46.3 Å². The van der Waals surface area contributed by atoms with Gasteiger partial charge in [0.1, 0.15) is 10.4 Å². The number of thiocarbonyl (C=S) groups is 1. The molecule has 1 aromatic carbocycles. The number of benzene rings is 1. The summed E-state index contributed by atoms with van der Waals surface area (Å²) in [4.78, 5) is 24.9. The highest BCUT2D eigenvalue weighted by Crippen LogP contribution is 2.35. The predicted molar refractivity (Wildman–Crippen MR) is 91.7 cm³/mol. The second-order valence-electron chi connectivity index (χ2n) is 4.68. The Kier molecular flexibility index (Phi) is 5.27. The Morgan fingerprint density at radius 1 is 1.35 bits per heavy atom. The zero-order chi connectivity index (χ0) is 17.1. The molecule has 2 rings (SSSR count). The standard InChI is InChI=1S/C15H15NO5S2/c1-8(14(18)19)16-13(17)12(23-15(16)22)7-9-4-5-10(20-2)11(6-9)21-3/h4-8H,1-3H3,(H,18,19)/b12-7-. The molecule has 1 N–H and O–H groups in total. The molecule has 1 aliphatic rings. The van der Waals surface area contributed by atoms with Crippen molar-refractivity contribution in [3.63, 3.8) is 0 Å². The molecule has 0 spiro atoms. The van der Waals surface area contributed by atoms with Crippen LogP contribution in [0.2, 0.25) is 0 Å². The lowest BCUT2D eigenvalue weighted by molar-refractivity contribution is -0.144. The summed E-state index contributed by atoms with van der Waals surface area (Å²) in [5.74, 6) is -0.398. The van der Waals surface area contributed by atoms with Gasteiger partial charge in [-0.05, 0) is 30.7 Å². The zero-order valence-corrected chi connectivity index (χ0v) is 14.4. The molecule has 1 heterocycles. The number of aliphatic carboxylic acids is 1. The lowest BCUT2D eigenvalue weighted by atomic mass is 10.1. The first kappa shape index (κ1) is 17.3. The number of carboxylic acid groups (broad SMARTS) is 1. The van der Waals surface area contributed by atoms with Crippen molar-refractivity contribution in [1.29, 1.82) is 0 Å². The third-order valence-electron chi connectivity index (χ3n) is 3.27. The number of ether oxygens (including phenoxy) is 2. The summed E-state index contributed by atoms with van der Waals surface area (Å²) in [6, 6.07) is 4.23. The molecule has 122 valence electrons. The van der Waals surface area contributed by atoms with E-state index < -0.39 is 17.9 Å². The molecule has 6 nitrogen and oxygen atoms in total. The lowest BCUT2D eigenvalue weighted by Crippen LogP contribution is -2.41. The lowest BCUT2D eigenvalue weighted by Gasteiger charge is -2.18. The molecule has 0 aromatic heterocycles. The van der Waals surface area contributed by atoms with E-state index in [0.717, 1.165) is 22.2 Å². The van der Waals surface area contributed by atoms with Crippen molar-refractivity contribution in [1.82, 2.24) is 4.90 Å². The molecule has 1 amide bonds. The van der Waals surface area contributed by atoms with Crippen LogP contribution in [0.1, 0.15) is 12.5 Å². The minimum atomic E-state index is -1.10. The fraction of sp³-hybridized carbons (Fsp3) is 0.267. The number of nitrogens with zero attached hydrogens (tertiary/aromatic N) is 1. The molecule has 1 atom stereocenters. The number of hydrogen-bond acceptors (Lipinski definition) is 6. The summed E-state index contributed by atoms with van der Waals surface area (Å²) in [6.07, 6.45) is 1.65. The highest BCUT2D eigenvalue weighted by Gasteiger charge is 2.38. The summed E-state index contributed by atoms with van der Waals surface area (Å²) in [6.45, 7) is 1.42. The molecule has 0 radical (unpaired) electrons. The van der Waals surface area contributed by atoms with Gasteiger partial charge in [-0.1, -0.05) is 30.0 Å². The van der Waals surface area contributed by atoms with Gasteiger partial charge >= 0.3 is 5.97 Å². The third kappa shape index (κ3) is 3.48. The van der Waals surface area contributed by atoms with Crippen molar-refractivity contribution in [2.75, 3.05) is 14.2 Å². The smallest absolute Gasteiger partial charge is 0.326 e. The quantitative estimate of drug-likeness (QED) is 0.643. The van der Waals surface area contributed by atoms with Crippen molar-refractivity contribution < 1.29 is 24.2 Å². The van der Waals surface area contributed by atoms with Gasteiger partial charge in [-0.2, -0.15) is 0 Å². The van der Waals surface area contributed by atoms with E-state index in [1.54, 1.807) is 24.3 Å². The minimum Gasteiger partial charge on any atom is -0.493 e. The number of carbonyl (C=O) groups is 2. The highest BCUT2D eigenvalue weighted by atomic mass is 32.2. The van der Waals surface area contributed by atoms with Crippen molar-refractivity contribution in [2.45, 2.75) is 13.0 Å². The molecule has 1 unspecified atom stereocenters. The van der Waals surface area contributed by atoms with Crippen LogP contribution in [-0.4, -0.2) is 46.5 Å². The maximum atomic E-state index is 12.4. The van der Waals surface area contributed by atoms with E-state index in [0.29, 0.717) is 16.4 Å². The number of methoxy groups -OCH3 is 2. The average Bonchev–Trinajstić information content (AvgIpc) is 2.80. The van der Waals surface area contributed by atoms with Gasteiger partial charge in [0.05, 0.1) is 19.1 Å². The van der Waals surface area contributed by atoms with Crippen LogP contribution in [0.4, 0.5) is 0 Å². The monoisotopic (exact) mass is 353 g/mol.